The molecule has 11 heteroatoms. The molecular weight excluding hydrogens is 484 g/mol. The number of hydrogen-bond acceptors (Lipinski definition) is 7. The van der Waals surface area contributed by atoms with Gasteiger partial charge in [-0.2, -0.15) is 4.31 Å². The van der Waals surface area contributed by atoms with Gasteiger partial charge in [0.25, 0.3) is 0 Å². The first-order chi connectivity index (χ1) is 15.9. The number of carbonyl (C=O) groups is 1. The minimum Gasteiger partial charge on any atom is -0.408 e. The van der Waals surface area contributed by atoms with E-state index in [0.717, 1.165) is 10.6 Å². The van der Waals surface area contributed by atoms with Gasteiger partial charge in [0.2, 0.25) is 21.8 Å². The second kappa shape index (κ2) is 10.7. The fourth-order valence-electron chi connectivity index (χ4n) is 3.52. The van der Waals surface area contributed by atoms with E-state index in [1.54, 1.807) is 11.8 Å². The van der Waals surface area contributed by atoms with Gasteiger partial charge in [-0.1, -0.05) is 34.9 Å². The third-order valence-corrected chi connectivity index (χ3v) is 8.38. The molecule has 1 saturated heterocycles. The van der Waals surface area contributed by atoms with Crippen LogP contribution in [0, 0.1) is 5.92 Å². The molecule has 8 nitrogen and oxygen atoms in total. The van der Waals surface area contributed by atoms with Gasteiger partial charge < -0.3 is 4.42 Å². The highest BCUT2D eigenvalue weighted by atomic mass is 35.5. The van der Waals surface area contributed by atoms with Crippen LogP contribution >= 0.6 is 23.4 Å². The van der Waals surface area contributed by atoms with Gasteiger partial charge in [-0.3, -0.25) is 10.1 Å². The van der Waals surface area contributed by atoms with E-state index < -0.39 is 15.9 Å². The van der Waals surface area contributed by atoms with Crippen molar-refractivity contribution in [3.05, 3.63) is 65.5 Å². The molecule has 1 aliphatic heterocycles. The fraction of sp³-hybridized carbons (Fsp3) is 0.318. The zero-order chi connectivity index (χ0) is 23.3. The SMILES string of the molecule is O=C(Nc1nnc(CCSc2ccccc2)o1)C1CCCN(S(=O)(=O)c2ccc(Cl)cc2)C1. The Hall–Kier alpha value is -2.40. The van der Waals surface area contributed by atoms with Crippen LogP contribution in [0.2, 0.25) is 5.02 Å². The summed E-state index contributed by atoms with van der Waals surface area (Å²) in [6.45, 7) is 0.448. The van der Waals surface area contributed by atoms with Crippen LogP contribution in [-0.4, -0.2) is 47.7 Å². The maximum Gasteiger partial charge on any atom is 0.322 e. The third-order valence-electron chi connectivity index (χ3n) is 5.23. The van der Waals surface area contributed by atoms with Gasteiger partial charge in [0, 0.05) is 35.2 Å². The first kappa shape index (κ1) is 23.7. The van der Waals surface area contributed by atoms with Gasteiger partial charge in [0.1, 0.15) is 0 Å². The lowest BCUT2D eigenvalue weighted by atomic mass is 9.99. The van der Waals surface area contributed by atoms with Gasteiger partial charge in [-0.05, 0) is 49.2 Å². The predicted molar refractivity (Wildman–Crippen MR) is 127 cm³/mol. The highest BCUT2D eigenvalue weighted by Gasteiger charge is 2.33. The number of nitrogens with one attached hydrogen (secondary N) is 1. The van der Waals surface area contributed by atoms with Crippen LogP contribution < -0.4 is 5.32 Å². The van der Waals surface area contributed by atoms with Crippen molar-refractivity contribution < 1.29 is 17.6 Å². The number of piperidine rings is 1. The molecule has 4 rings (SSSR count). The van der Waals surface area contributed by atoms with Crippen molar-refractivity contribution in [1.29, 1.82) is 0 Å². The zero-order valence-corrected chi connectivity index (χ0v) is 20.1. The summed E-state index contributed by atoms with van der Waals surface area (Å²) in [4.78, 5) is 14.1. The number of halogens is 1. The largest absolute Gasteiger partial charge is 0.408 e. The summed E-state index contributed by atoms with van der Waals surface area (Å²) in [7, 11) is -3.71. The van der Waals surface area contributed by atoms with E-state index in [1.807, 2.05) is 30.3 Å². The molecule has 2 aromatic carbocycles. The monoisotopic (exact) mass is 506 g/mol. The number of benzene rings is 2. The molecule has 1 aliphatic rings. The van der Waals surface area contributed by atoms with Crippen LogP contribution in [0.15, 0.2) is 68.8 Å². The number of nitrogens with zero attached hydrogens (tertiary/aromatic N) is 3. The van der Waals surface area contributed by atoms with Crippen molar-refractivity contribution in [2.45, 2.75) is 29.1 Å². The van der Waals surface area contributed by atoms with Crippen LogP contribution in [0.1, 0.15) is 18.7 Å². The van der Waals surface area contributed by atoms with E-state index in [2.05, 4.69) is 15.5 Å². The van der Waals surface area contributed by atoms with Gasteiger partial charge in [-0.25, -0.2) is 8.42 Å². The maximum atomic E-state index is 12.9. The van der Waals surface area contributed by atoms with Crippen molar-refractivity contribution in [1.82, 2.24) is 14.5 Å². The molecule has 1 N–H and O–H groups in total. The zero-order valence-electron chi connectivity index (χ0n) is 17.7. The van der Waals surface area contributed by atoms with Crippen LogP contribution in [-0.2, 0) is 21.2 Å². The molecule has 2 heterocycles. The summed E-state index contributed by atoms with van der Waals surface area (Å²) in [6, 6.07) is 16.0. The molecule has 1 atom stereocenters. The molecule has 174 valence electrons. The molecule has 0 spiro atoms. The second-order valence-corrected chi connectivity index (χ2v) is 11.1. The lowest BCUT2D eigenvalue weighted by Gasteiger charge is -2.30. The molecule has 0 saturated carbocycles. The smallest absolute Gasteiger partial charge is 0.322 e. The molecule has 1 aromatic heterocycles. The van der Waals surface area contributed by atoms with Crippen LogP contribution in [0.5, 0.6) is 0 Å². The van der Waals surface area contributed by atoms with E-state index in [-0.39, 0.29) is 23.4 Å². The Kier molecular flexibility index (Phi) is 7.69. The summed E-state index contributed by atoms with van der Waals surface area (Å²) >= 11 is 7.54. The molecule has 1 unspecified atom stereocenters. The number of rotatable bonds is 8. The Morgan fingerprint density at radius 2 is 1.91 bits per heavy atom. The van der Waals surface area contributed by atoms with Crippen LogP contribution in [0.4, 0.5) is 6.01 Å². The lowest BCUT2D eigenvalue weighted by Crippen LogP contribution is -2.43. The average molecular weight is 507 g/mol. The standard InChI is InChI=1S/C22H23ClN4O4S2/c23-17-8-10-19(11-9-17)33(29,30)27-13-4-5-16(15-27)21(28)24-22-26-25-20(31-22)12-14-32-18-6-2-1-3-7-18/h1-3,6-11,16H,4-5,12-15H2,(H,24,26,28). The van der Waals surface area contributed by atoms with Crippen molar-refractivity contribution in [3.8, 4) is 0 Å². The van der Waals surface area contributed by atoms with E-state index in [9.17, 15) is 13.2 Å². The number of amides is 1. The van der Waals surface area contributed by atoms with Crippen molar-refractivity contribution in [3.63, 3.8) is 0 Å². The number of aryl methyl sites for hydroxylation is 1. The number of sulfonamides is 1. The Morgan fingerprint density at radius 1 is 1.15 bits per heavy atom. The molecule has 3 aromatic rings. The van der Waals surface area contributed by atoms with Crippen molar-refractivity contribution >= 4 is 45.3 Å². The fourth-order valence-corrected chi connectivity index (χ4v) is 6.03. The Balaban J connectivity index is 1.31. The molecule has 0 radical (unpaired) electrons. The topological polar surface area (TPSA) is 105 Å². The van der Waals surface area contributed by atoms with E-state index >= 15 is 0 Å². The highest BCUT2D eigenvalue weighted by Crippen LogP contribution is 2.26. The van der Waals surface area contributed by atoms with Crippen LogP contribution in [0.3, 0.4) is 0 Å². The van der Waals surface area contributed by atoms with E-state index in [0.29, 0.717) is 36.7 Å². The normalized spacial score (nSPS) is 17.1. The summed E-state index contributed by atoms with van der Waals surface area (Å²) in [6.07, 6.45) is 1.73. The first-order valence-corrected chi connectivity index (χ1v) is 13.3. The summed E-state index contributed by atoms with van der Waals surface area (Å²) in [5, 5.41) is 11.0. The van der Waals surface area contributed by atoms with Gasteiger partial charge in [0.05, 0.1) is 10.8 Å². The van der Waals surface area contributed by atoms with Gasteiger partial charge in [-0.15, -0.1) is 16.9 Å². The summed E-state index contributed by atoms with van der Waals surface area (Å²) in [5.41, 5.74) is 0. The molecule has 0 aliphatic carbocycles. The Morgan fingerprint density at radius 3 is 2.67 bits per heavy atom. The van der Waals surface area contributed by atoms with Crippen LogP contribution in [0.25, 0.3) is 0 Å². The van der Waals surface area contributed by atoms with E-state index in [4.69, 9.17) is 16.0 Å². The number of aromatic nitrogens is 2. The summed E-state index contributed by atoms with van der Waals surface area (Å²) in [5.74, 6) is 0.355. The number of thioether (sulfide) groups is 1. The average Bonchev–Trinajstić information content (AvgIpc) is 3.27. The van der Waals surface area contributed by atoms with E-state index in [1.165, 1.54) is 28.6 Å². The Labute approximate surface area is 201 Å². The third kappa shape index (κ3) is 6.14. The van der Waals surface area contributed by atoms with Gasteiger partial charge >= 0.3 is 6.01 Å². The lowest BCUT2D eigenvalue weighted by molar-refractivity contribution is -0.121. The highest BCUT2D eigenvalue weighted by molar-refractivity contribution is 7.99. The number of anilines is 1. The maximum absolute atomic E-state index is 12.9. The first-order valence-electron chi connectivity index (χ1n) is 10.5. The number of carbonyl (C=O) groups excluding carboxylic acids is 1. The molecule has 1 fully saturated rings. The van der Waals surface area contributed by atoms with Crippen molar-refractivity contribution in [2.75, 3.05) is 24.2 Å². The Bertz CT molecular complexity index is 1190. The molecule has 33 heavy (non-hydrogen) atoms. The minimum atomic E-state index is -3.71. The molecule has 0 bridgehead atoms. The number of hydrogen-bond donors (Lipinski definition) is 1. The summed E-state index contributed by atoms with van der Waals surface area (Å²) < 4.78 is 32.8. The molecule has 1 amide bonds. The van der Waals surface area contributed by atoms with Crippen molar-refractivity contribution in [2.24, 2.45) is 5.92 Å². The minimum absolute atomic E-state index is 0.0254. The molecular formula is C22H23ClN4O4S2. The van der Waals surface area contributed by atoms with Gasteiger partial charge in [0.15, 0.2) is 0 Å². The second-order valence-electron chi connectivity index (χ2n) is 7.56. The predicted octanol–water partition coefficient (Wildman–Crippen LogP) is 4.10. The quantitative estimate of drug-likeness (QED) is 0.458.